The molecule has 0 bridgehead atoms. The maximum atomic E-state index is 12.2. The number of azo groups is 2. The molecule has 0 spiro atoms. The van der Waals surface area contributed by atoms with Gasteiger partial charge in [-0.3, -0.25) is 13.7 Å². The predicted octanol–water partition coefficient (Wildman–Crippen LogP) is 6.63. The summed E-state index contributed by atoms with van der Waals surface area (Å²) in [6.07, 6.45) is 0. The first-order valence-electron chi connectivity index (χ1n) is 13.4. The highest BCUT2D eigenvalue weighted by Crippen LogP contribution is 2.43. The number of hydrogen-bond donors (Lipinski definition) is 5. The fraction of sp³-hybridized carbons (Fsp3) is 0.103. The van der Waals surface area contributed by atoms with Crippen LogP contribution in [0.5, 0.6) is 11.5 Å². The Morgan fingerprint density at radius 3 is 1.98 bits per heavy atom. The number of nitrogens with one attached hydrogen (secondary N) is 1. The van der Waals surface area contributed by atoms with Gasteiger partial charge in [0.25, 0.3) is 30.4 Å². The molecule has 16 nitrogen and oxygen atoms in total. The molecule has 0 fully saturated rings. The Morgan fingerprint density at radius 2 is 1.35 bits per heavy atom. The second-order valence-electron chi connectivity index (χ2n) is 10.2. The van der Waals surface area contributed by atoms with Gasteiger partial charge >= 0.3 is 0 Å². The highest BCUT2D eigenvalue weighted by Gasteiger charge is 2.23. The van der Waals surface area contributed by atoms with Gasteiger partial charge in [-0.1, -0.05) is 6.07 Å². The molecule has 19 heteroatoms. The average molecular weight is 716 g/mol. The molecule has 0 aliphatic heterocycles. The van der Waals surface area contributed by atoms with Gasteiger partial charge in [0.15, 0.2) is 5.75 Å². The molecular formula is C29H25N5O11S3. The molecule has 48 heavy (non-hydrogen) atoms. The van der Waals surface area contributed by atoms with E-state index in [0.717, 1.165) is 12.1 Å². The van der Waals surface area contributed by atoms with Crippen molar-refractivity contribution in [2.75, 3.05) is 19.5 Å². The number of benzene rings is 5. The van der Waals surface area contributed by atoms with E-state index in [1.807, 2.05) is 0 Å². The van der Waals surface area contributed by atoms with Crippen LogP contribution < -0.4 is 10.1 Å². The molecule has 0 aromatic heterocycles. The van der Waals surface area contributed by atoms with E-state index in [1.54, 1.807) is 32.2 Å². The Hall–Kier alpha value is -5.05. The van der Waals surface area contributed by atoms with E-state index in [0.29, 0.717) is 22.7 Å². The Bertz CT molecular complexity index is 2540. The minimum atomic E-state index is -4.92. The molecule has 5 N–H and O–H groups in total. The van der Waals surface area contributed by atoms with Gasteiger partial charge in [0, 0.05) is 29.6 Å². The van der Waals surface area contributed by atoms with Gasteiger partial charge < -0.3 is 15.2 Å². The van der Waals surface area contributed by atoms with Crippen LogP contribution >= 0.6 is 0 Å². The molecule has 0 radical (unpaired) electrons. The highest BCUT2D eigenvalue weighted by molar-refractivity contribution is 7.87. The van der Waals surface area contributed by atoms with E-state index >= 15 is 0 Å². The van der Waals surface area contributed by atoms with Gasteiger partial charge in [-0.15, -0.1) is 10.2 Å². The van der Waals surface area contributed by atoms with Crippen molar-refractivity contribution < 1.29 is 48.8 Å². The maximum Gasteiger partial charge on any atom is 0.296 e. The average Bonchev–Trinajstić information content (AvgIpc) is 3.01. The standard InChI is InChI=1S/C29H25N5O11S3/c1-15-8-24(33-34-28-27(48(42,43)44)11-17-9-18(30-2)6-7-21(17)29(28)35)25(45-3)14-23(15)32-31-19-5-4-16-10-20(46(36,37)38)13-26(22(16)12-19)47(39,40)41/h4-14,30,35H,1-3H3,(H,36,37,38)(H,39,40,41)(H,42,43,44)/b32-31-,34-33-. The number of fused-ring (bicyclic) bond motifs is 2. The van der Waals surface area contributed by atoms with Crippen LogP contribution in [0.15, 0.2) is 102 Å². The van der Waals surface area contributed by atoms with Crippen LogP contribution in [0.25, 0.3) is 21.5 Å². The van der Waals surface area contributed by atoms with Crippen molar-refractivity contribution in [3.05, 3.63) is 72.3 Å². The molecule has 0 amide bonds. The number of methoxy groups -OCH3 is 1. The summed E-state index contributed by atoms with van der Waals surface area (Å²) in [5.41, 5.74) is 1.07. The molecule has 0 heterocycles. The van der Waals surface area contributed by atoms with Crippen molar-refractivity contribution in [3.8, 4) is 11.5 Å². The van der Waals surface area contributed by atoms with Gasteiger partial charge in [-0.2, -0.15) is 35.5 Å². The fourth-order valence-electron chi connectivity index (χ4n) is 4.74. The molecule has 0 atom stereocenters. The predicted molar refractivity (Wildman–Crippen MR) is 175 cm³/mol. The number of ether oxygens (including phenoxy) is 1. The molecule has 0 aliphatic rings. The van der Waals surface area contributed by atoms with Crippen molar-refractivity contribution in [2.45, 2.75) is 21.6 Å². The minimum absolute atomic E-state index is 0.0709. The monoisotopic (exact) mass is 715 g/mol. The molecule has 0 aliphatic carbocycles. The number of phenols is 1. The molecule has 0 saturated carbocycles. The minimum Gasteiger partial charge on any atom is -0.505 e. The molecule has 5 aromatic rings. The molecule has 5 rings (SSSR count). The first-order valence-corrected chi connectivity index (χ1v) is 17.7. The SMILES string of the molecule is CNc1ccc2c(O)c(/N=N\c3cc(C)c(/N=N\c4ccc5cc(S(=O)(=O)O)cc(S(=O)(=O)O)c5c4)cc3OC)c(S(=O)(=O)O)cc2c1. The first-order chi connectivity index (χ1) is 22.4. The van der Waals surface area contributed by atoms with Crippen LogP contribution in [0, 0.1) is 6.92 Å². The number of aryl methyl sites for hydroxylation is 1. The van der Waals surface area contributed by atoms with Crippen molar-refractivity contribution in [1.82, 2.24) is 0 Å². The lowest BCUT2D eigenvalue weighted by Crippen LogP contribution is -2.04. The van der Waals surface area contributed by atoms with Gasteiger partial charge in [0.1, 0.15) is 26.9 Å². The fourth-order valence-corrected chi connectivity index (χ4v) is 6.74. The van der Waals surface area contributed by atoms with E-state index in [2.05, 4.69) is 25.8 Å². The number of rotatable bonds is 9. The molecule has 5 aromatic carbocycles. The second kappa shape index (κ2) is 12.5. The Labute approximate surface area is 273 Å². The zero-order valence-corrected chi connectivity index (χ0v) is 27.5. The lowest BCUT2D eigenvalue weighted by molar-refractivity contribution is 0.416. The third-order valence-electron chi connectivity index (χ3n) is 7.10. The van der Waals surface area contributed by atoms with Crippen molar-refractivity contribution >= 4 is 80.3 Å². The zero-order valence-electron chi connectivity index (χ0n) is 25.0. The normalized spacial score (nSPS) is 12.8. The van der Waals surface area contributed by atoms with Crippen molar-refractivity contribution in [1.29, 1.82) is 0 Å². The van der Waals surface area contributed by atoms with Gasteiger partial charge in [0.2, 0.25) is 0 Å². The van der Waals surface area contributed by atoms with Gasteiger partial charge in [-0.25, -0.2) is 0 Å². The number of hydrogen-bond acceptors (Lipinski definition) is 13. The second-order valence-corrected chi connectivity index (χ2v) is 14.4. The topological polar surface area (TPSA) is 254 Å². The van der Waals surface area contributed by atoms with Crippen LogP contribution in [0.1, 0.15) is 5.56 Å². The lowest BCUT2D eigenvalue weighted by Gasteiger charge is -2.11. The summed E-state index contributed by atoms with van der Waals surface area (Å²) in [7, 11) is -11.6. The smallest absolute Gasteiger partial charge is 0.296 e. The van der Waals surface area contributed by atoms with Crippen LogP contribution in [0.3, 0.4) is 0 Å². The summed E-state index contributed by atoms with van der Waals surface area (Å²) in [4.78, 5) is -2.17. The van der Waals surface area contributed by atoms with Gasteiger partial charge in [0.05, 0.1) is 23.4 Å². The summed E-state index contributed by atoms with van der Waals surface area (Å²) >= 11 is 0. The summed E-state index contributed by atoms with van der Waals surface area (Å²) in [6.45, 7) is 1.64. The summed E-state index contributed by atoms with van der Waals surface area (Å²) in [5, 5.41) is 30.7. The van der Waals surface area contributed by atoms with Crippen LogP contribution in [0.4, 0.5) is 28.4 Å². The third-order valence-corrected chi connectivity index (χ3v) is 9.69. The summed E-state index contributed by atoms with van der Waals surface area (Å²) < 4.78 is 106. The van der Waals surface area contributed by atoms with Gasteiger partial charge in [-0.05, 0) is 77.9 Å². The number of nitrogens with zero attached hydrogens (tertiary/aromatic N) is 4. The van der Waals surface area contributed by atoms with Crippen molar-refractivity contribution in [3.63, 3.8) is 0 Å². The quantitative estimate of drug-likeness (QED) is 0.0796. The zero-order chi connectivity index (χ0) is 35.2. The Balaban J connectivity index is 1.54. The Morgan fingerprint density at radius 1 is 0.667 bits per heavy atom. The largest absolute Gasteiger partial charge is 0.505 e. The highest BCUT2D eigenvalue weighted by atomic mass is 32.2. The number of anilines is 1. The summed E-state index contributed by atoms with van der Waals surface area (Å²) in [6, 6.07) is 14.5. The van der Waals surface area contributed by atoms with Crippen LogP contribution in [-0.4, -0.2) is 58.2 Å². The Kier molecular flexibility index (Phi) is 8.95. The van der Waals surface area contributed by atoms with E-state index in [-0.39, 0.29) is 39.0 Å². The van der Waals surface area contributed by atoms with Crippen molar-refractivity contribution in [2.24, 2.45) is 20.5 Å². The molecule has 0 unspecified atom stereocenters. The molecule has 250 valence electrons. The van der Waals surface area contributed by atoms with Crippen LogP contribution in [0.2, 0.25) is 0 Å². The van der Waals surface area contributed by atoms with Crippen LogP contribution in [-0.2, 0) is 30.4 Å². The molecular weight excluding hydrogens is 691 g/mol. The molecule has 0 saturated heterocycles. The maximum absolute atomic E-state index is 12.2. The summed E-state index contributed by atoms with van der Waals surface area (Å²) in [5.74, 6) is -0.426. The third kappa shape index (κ3) is 6.95. The number of phenolic OH excluding ortho intramolecular Hbond substituents is 1. The lowest BCUT2D eigenvalue weighted by atomic mass is 10.1. The van der Waals surface area contributed by atoms with E-state index in [9.17, 15) is 44.0 Å². The number of aromatic hydroxyl groups is 1. The first kappa shape index (κ1) is 34.3. The van der Waals surface area contributed by atoms with E-state index in [1.165, 1.54) is 37.4 Å². The van der Waals surface area contributed by atoms with E-state index < -0.39 is 56.5 Å². The van der Waals surface area contributed by atoms with E-state index in [4.69, 9.17) is 4.74 Å².